The van der Waals surface area contributed by atoms with Crippen molar-refractivity contribution in [1.29, 1.82) is 0 Å². The second kappa shape index (κ2) is 4.06. The number of nitrogens with one attached hydrogen (secondary N) is 2. The topological polar surface area (TPSA) is 70.9 Å². The van der Waals surface area contributed by atoms with Gasteiger partial charge in [0.25, 0.3) is 5.91 Å². The zero-order valence-corrected chi connectivity index (χ0v) is 8.75. The van der Waals surface area contributed by atoms with Crippen LogP contribution in [-0.2, 0) is 0 Å². The maximum absolute atomic E-state index is 11.6. The normalized spacial score (nSPS) is 18.2. The Hall–Kier alpha value is -1.29. The van der Waals surface area contributed by atoms with Gasteiger partial charge < -0.3 is 16.0 Å². The SMILES string of the molecule is NCC1(CNC(=O)c2ccc[nH]2)CCC1. The predicted molar refractivity (Wildman–Crippen MR) is 58.5 cm³/mol. The lowest BCUT2D eigenvalue weighted by molar-refractivity contribution is 0.0872. The largest absolute Gasteiger partial charge is 0.357 e. The molecule has 0 unspecified atom stereocenters. The minimum Gasteiger partial charge on any atom is -0.357 e. The van der Waals surface area contributed by atoms with Gasteiger partial charge in [0.2, 0.25) is 0 Å². The van der Waals surface area contributed by atoms with Crippen molar-refractivity contribution in [2.24, 2.45) is 11.1 Å². The summed E-state index contributed by atoms with van der Waals surface area (Å²) in [6, 6.07) is 3.59. The summed E-state index contributed by atoms with van der Waals surface area (Å²) in [5.41, 5.74) is 6.50. The second-order valence-corrected chi connectivity index (χ2v) is 4.32. The molecule has 15 heavy (non-hydrogen) atoms. The molecule has 1 aromatic heterocycles. The van der Waals surface area contributed by atoms with E-state index in [1.54, 1.807) is 12.3 Å². The first-order valence-electron chi connectivity index (χ1n) is 5.37. The Morgan fingerprint density at radius 2 is 2.40 bits per heavy atom. The monoisotopic (exact) mass is 207 g/mol. The molecule has 1 saturated carbocycles. The van der Waals surface area contributed by atoms with Crippen LogP contribution in [-0.4, -0.2) is 24.0 Å². The van der Waals surface area contributed by atoms with E-state index < -0.39 is 0 Å². The molecular weight excluding hydrogens is 190 g/mol. The molecule has 0 aromatic carbocycles. The number of aromatic nitrogens is 1. The van der Waals surface area contributed by atoms with Crippen molar-refractivity contribution in [2.75, 3.05) is 13.1 Å². The summed E-state index contributed by atoms with van der Waals surface area (Å²) in [6.07, 6.45) is 5.25. The number of aromatic amines is 1. The van der Waals surface area contributed by atoms with E-state index in [9.17, 15) is 4.79 Å². The molecule has 0 bridgehead atoms. The highest BCUT2D eigenvalue weighted by Gasteiger charge is 2.35. The lowest BCUT2D eigenvalue weighted by atomic mass is 9.69. The van der Waals surface area contributed by atoms with Crippen molar-refractivity contribution in [2.45, 2.75) is 19.3 Å². The van der Waals surface area contributed by atoms with Gasteiger partial charge in [0.1, 0.15) is 5.69 Å². The molecule has 1 aliphatic carbocycles. The van der Waals surface area contributed by atoms with Gasteiger partial charge in [0, 0.05) is 12.7 Å². The highest BCUT2D eigenvalue weighted by molar-refractivity contribution is 5.92. The maximum Gasteiger partial charge on any atom is 0.267 e. The van der Waals surface area contributed by atoms with E-state index >= 15 is 0 Å². The number of carbonyl (C=O) groups is 1. The van der Waals surface area contributed by atoms with E-state index in [4.69, 9.17) is 5.73 Å². The van der Waals surface area contributed by atoms with Gasteiger partial charge in [-0.15, -0.1) is 0 Å². The Morgan fingerprint density at radius 3 is 2.87 bits per heavy atom. The van der Waals surface area contributed by atoms with E-state index in [1.807, 2.05) is 6.07 Å². The fourth-order valence-electron chi connectivity index (χ4n) is 1.96. The number of rotatable bonds is 4. The van der Waals surface area contributed by atoms with Crippen LogP contribution in [0.4, 0.5) is 0 Å². The van der Waals surface area contributed by atoms with Crippen LogP contribution in [0.15, 0.2) is 18.3 Å². The third kappa shape index (κ3) is 2.04. The van der Waals surface area contributed by atoms with Gasteiger partial charge in [-0.2, -0.15) is 0 Å². The smallest absolute Gasteiger partial charge is 0.267 e. The fourth-order valence-corrected chi connectivity index (χ4v) is 1.96. The van der Waals surface area contributed by atoms with Crippen LogP contribution in [0.3, 0.4) is 0 Å². The molecule has 1 amide bonds. The number of H-pyrrole nitrogens is 1. The van der Waals surface area contributed by atoms with Crippen molar-refractivity contribution in [3.63, 3.8) is 0 Å². The van der Waals surface area contributed by atoms with Crippen molar-refractivity contribution >= 4 is 5.91 Å². The highest BCUT2D eigenvalue weighted by Crippen LogP contribution is 2.39. The number of hydrogen-bond acceptors (Lipinski definition) is 2. The number of nitrogens with two attached hydrogens (primary N) is 1. The van der Waals surface area contributed by atoms with Crippen molar-refractivity contribution in [3.8, 4) is 0 Å². The van der Waals surface area contributed by atoms with E-state index in [1.165, 1.54) is 6.42 Å². The van der Waals surface area contributed by atoms with Crippen molar-refractivity contribution < 1.29 is 4.79 Å². The van der Waals surface area contributed by atoms with Crippen LogP contribution in [0.5, 0.6) is 0 Å². The molecule has 82 valence electrons. The Bertz CT molecular complexity index is 322. The first-order valence-corrected chi connectivity index (χ1v) is 5.37. The van der Waals surface area contributed by atoms with Crippen LogP contribution in [0.25, 0.3) is 0 Å². The molecule has 0 radical (unpaired) electrons. The molecule has 0 saturated heterocycles. The van der Waals surface area contributed by atoms with E-state index in [2.05, 4.69) is 10.3 Å². The third-order valence-corrected chi connectivity index (χ3v) is 3.31. The molecule has 0 spiro atoms. The van der Waals surface area contributed by atoms with Gasteiger partial charge in [-0.25, -0.2) is 0 Å². The number of amides is 1. The average molecular weight is 207 g/mol. The molecule has 1 aliphatic rings. The van der Waals surface area contributed by atoms with E-state index in [0.29, 0.717) is 18.8 Å². The van der Waals surface area contributed by atoms with Gasteiger partial charge in [0.15, 0.2) is 0 Å². The molecule has 0 atom stereocenters. The van der Waals surface area contributed by atoms with Gasteiger partial charge in [-0.3, -0.25) is 4.79 Å². The summed E-state index contributed by atoms with van der Waals surface area (Å²) >= 11 is 0. The van der Waals surface area contributed by atoms with Crippen molar-refractivity contribution in [3.05, 3.63) is 24.0 Å². The predicted octanol–water partition coefficient (Wildman–Crippen LogP) is 0.873. The maximum atomic E-state index is 11.6. The van der Waals surface area contributed by atoms with Crippen LogP contribution in [0.2, 0.25) is 0 Å². The molecule has 2 rings (SSSR count). The first kappa shape index (κ1) is 10.2. The average Bonchev–Trinajstić information content (AvgIpc) is 2.69. The lowest BCUT2D eigenvalue weighted by Crippen LogP contribution is -2.46. The number of hydrogen-bond donors (Lipinski definition) is 3. The van der Waals surface area contributed by atoms with E-state index in [-0.39, 0.29) is 11.3 Å². The summed E-state index contributed by atoms with van der Waals surface area (Å²) in [5, 5.41) is 2.93. The van der Waals surface area contributed by atoms with Gasteiger partial charge >= 0.3 is 0 Å². The highest BCUT2D eigenvalue weighted by atomic mass is 16.1. The van der Waals surface area contributed by atoms with Gasteiger partial charge in [-0.1, -0.05) is 6.42 Å². The minimum absolute atomic E-state index is 0.0419. The van der Waals surface area contributed by atoms with Crippen LogP contribution in [0, 0.1) is 5.41 Å². The standard InChI is InChI=1S/C11H17N3O/c12-7-11(4-2-5-11)8-14-10(15)9-3-1-6-13-9/h1,3,6,13H,2,4-5,7-8,12H2,(H,14,15). The van der Waals surface area contributed by atoms with Crippen LogP contribution in [0.1, 0.15) is 29.8 Å². The first-order chi connectivity index (χ1) is 7.26. The Kier molecular flexibility index (Phi) is 2.77. The third-order valence-electron chi connectivity index (χ3n) is 3.31. The molecule has 1 fully saturated rings. The molecule has 4 heteroatoms. The molecule has 4 N–H and O–H groups in total. The lowest BCUT2D eigenvalue weighted by Gasteiger charge is -2.40. The summed E-state index contributed by atoms with van der Waals surface area (Å²) < 4.78 is 0. The van der Waals surface area contributed by atoms with Gasteiger partial charge in [0.05, 0.1) is 0 Å². The Labute approximate surface area is 89.2 Å². The second-order valence-electron chi connectivity index (χ2n) is 4.32. The summed E-state index contributed by atoms with van der Waals surface area (Å²) in [7, 11) is 0. The molecular formula is C11H17N3O. The van der Waals surface area contributed by atoms with E-state index in [0.717, 1.165) is 12.8 Å². The molecule has 0 aliphatic heterocycles. The Morgan fingerprint density at radius 1 is 1.60 bits per heavy atom. The van der Waals surface area contributed by atoms with Crippen molar-refractivity contribution in [1.82, 2.24) is 10.3 Å². The van der Waals surface area contributed by atoms with Crippen LogP contribution >= 0.6 is 0 Å². The Balaban J connectivity index is 1.85. The fraction of sp³-hybridized carbons (Fsp3) is 0.545. The van der Waals surface area contributed by atoms with Crippen LogP contribution < -0.4 is 11.1 Å². The van der Waals surface area contributed by atoms with Gasteiger partial charge in [-0.05, 0) is 36.9 Å². The molecule has 1 aromatic rings. The quantitative estimate of drug-likeness (QED) is 0.685. The summed E-state index contributed by atoms with van der Waals surface area (Å²) in [4.78, 5) is 14.5. The zero-order valence-electron chi connectivity index (χ0n) is 8.75. The molecule has 1 heterocycles. The zero-order chi connectivity index (χ0) is 10.7. The number of carbonyl (C=O) groups excluding carboxylic acids is 1. The molecule has 4 nitrogen and oxygen atoms in total. The minimum atomic E-state index is -0.0419. The summed E-state index contributed by atoms with van der Waals surface area (Å²) in [6.45, 7) is 1.36. The summed E-state index contributed by atoms with van der Waals surface area (Å²) in [5.74, 6) is -0.0419.